The monoisotopic (exact) mass is 261 g/mol. The Morgan fingerprint density at radius 2 is 2.16 bits per heavy atom. The first-order valence-corrected chi connectivity index (χ1v) is 6.97. The molecule has 2 rings (SSSR count). The minimum absolute atomic E-state index is 0.0195. The molecule has 0 spiro atoms. The van der Waals surface area contributed by atoms with Crippen molar-refractivity contribution in [2.24, 2.45) is 5.92 Å². The highest BCUT2D eigenvalue weighted by molar-refractivity contribution is 5.92. The van der Waals surface area contributed by atoms with Gasteiger partial charge in [-0.3, -0.25) is 9.69 Å². The van der Waals surface area contributed by atoms with E-state index in [-0.39, 0.29) is 5.91 Å². The Morgan fingerprint density at radius 3 is 2.84 bits per heavy atom. The number of hydrogen-bond acceptors (Lipinski definition) is 3. The first kappa shape index (κ1) is 13.9. The summed E-state index contributed by atoms with van der Waals surface area (Å²) >= 11 is 0. The zero-order valence-electron chi connectivity index (χ0n) is 11.6. The van der Waals surface area contributed by atoms with Crippen LogP contribution in [-0.4, -0.2) is 30.9 Å². The van der Waals surface area contributed by atoms with Crippen LogP contribution in [-0.2, 0) is 4.79 Å². The molecular weight excluding hydrogens is 238 g/mol. The number of nitrogen functional groups attached to an aromatic ring is 1. The summed E-state index contributed by atoms with van der Waals surface area (Å²) in [7, 11) is 2.01. The van der Waals surface area contributed by atoms with Crippen LogP contribution in [0.2, 0.25) is 0 Å². The maximum atomic E-state index is 11.9. The van der Waals surface area contributed by atoms with Gasteiger partial charge in [0.1, 0.15) is 0 Å². The van der Waals surface area contributed by atoms with Crippen LogP contribution < -0.4 is 11.1 Å². The molecule has 0 heterocycles. The van der Waals surface area contributed by atoms with E-state index >= 15 is 0 Å². The van der Waals surface area contributed by atoms with Crippen molar-refractivity contribution in [3.63, 3.8) is 0 Å². The van der Waals surface area contributed by atoms with Gasteiger partial charge in [0.05, 0.1) is 6.54 Å². The second-order valence-corrected chi connectivity index (χ2v) is 5.52. The SMILES string of the molecule is CN(CC(=O)Nc1cccc(N)c1)CC1CCCC1. The standard InChI is InChI=1S/C15H23N3O/c1-18(10-12-5-2-3-6-12)11-15(19)17-14-8-4-7-13(16)9-14/h4,7-9,12H,2-3,5-6,10-11,16H2,1H3,(H,17,19). The zero-order chi connectivity index (χ0) is 13.7. The topological polar surface area (TPSA) is 58.4 Å². The van der Waals surface area contributed by atoms with E-state index < -0.39 is 0 Å². The molecule has 1 aliphatic carbocycles. The molecule has 4 nitrogen and oxygen atoms in total. The maximum Gasteiger partial charge on any atom is 0.238 e. The average Bonchev–Trinajstić information content (AvgIpc) is 2.81. The summed E-state index contributed by atoms with van der Waals surface area (Å²) in [6.07, 6.45) is 5.30. The van der Waals surface area contributed by atoms with Gasteiger partial charge in [0.15, 0.2) is 0 Å². The number of rotatable bonds is 5. The van der Waals surface area contributed by atoms with E-state index in [1.54, 1.807) is 6.07 Å². The Hall–Kier alpha value is -1.55. The van der Waals surface area contributed by atoms with E-state index in [1.165, 1.54) is 25.7 Å². The summed E-state index contributed by atoms with van der Waals surface area (Å²) in [6, 6.07) is 7.27. The highest BCUT2D eigenvalue weighted by Crippen LogP contribution is 2.25. The molecule has 0 aromatic heterocycles. The van der Waals surface area contributed by atoms with Crippen LogP contribution in [0.4, 0.5) is 11.4 Å². The van der Waals surface area contributed by atoms with Crippen molar-refractivity contribution in [1.82, 2.24) is 4.90 Å². The predicted octanol–water partition coefficient (Wildman–Crippen LogP) is 2.33. The lowest BCUT2D eigenvalue weighted by molar-refractivity contribution is -0.117. The zero-order valence-corrected chi connectivity index (χ0v) is 11.6. The van der Waals surface area contributed by atoms with Crippen LogP contribution in [0.3, 0.4) is 0 Å². The number of nitrogens with zero attached hydrogens (tertiary/aromatic N) is 1. The number of carbonyl (C=O) groups excluding carboxylic acids is 1. The quantitative estimate of drug-likeness (QED) is 0.800. The molecule has 3 N–H and O–H groups in total. The molecule has 19 heavy (non-hydrogen) atoms. The lowest BCUT2D eigenvalue weighted by atomic mass is 10.1. The summed E-state index contributed by atoms with van der Waals surface area (Å²) in [5, 5.41) is 2.88. The van der Waals surface area contributed by atoms with Crippen LogP contribution in [0.5, 0.6) is 0 Å². The number of carbonyl (C=O) groups is 1. The van der Waals surface area contributed by atoms with E-state index in [0.717, 1.165) is 18.2 Å². The van der Waals surface area contributed by atoms with Gasteiger partial charge in [-0.2, -0.15) is 0 Å². The highest BCUT2D eigenvalue weighted by Gasteiger charge is 2.17. The van der Waals surface area contributed by atoms with Crippen molar-refractivity contribution in [3.8, 4) is 0 Å². The molecule has 104 valence electrons. The van der Waals surface area contributed by atoms with Gasteiger partial charge in [-0.05, 0) is 44.0 Å². The fourth-order valence-electron chi connectivity index (χ4n) is 2.76. The summed E-state index contributed by atoms with van der Waals surface area (Å²) in [5.41, 5.74) is 7.11. The molecule has 1 fully saturated rings. The molecule has 1 aromatic rings. The average molecular weight is 261 g/mol. The fourth-order valence-corrected chi connectivity index (χ4v) is 2.76. The number of likely N-dealkylation sites (N-methyl/N-ethyl adjacent to an activating group) is 1. The summed E-state index contributed by atoms with van der Waals surface area (Å²) in [6.45, 7) is 1.45. The first-order valence-electron chi connectivity index (χ1n) is 6.97. The molecule has 0 bridgehead atoms. The fraction of sp³-hybridized carbons (Fsp3) is 0.533. The summed E-state index contributed by atoms with van der Waals surface area (Å²) < 4.78 is 0. The Kier molecular flexibility index (Phi) is 4.80. The summed E-state index contributed by atoms with van der Waals surface area (Å²) in [4.78, 5) is 14.0. The Bertz CT molecular complexity index is 427. The van der Waals surface area contributed by atoms with Crippen LogP contribution >= 0.6 is 0 Å². The third-order valence-corrected chi connectivity index (χ3v) is 3.63. The van der Waals surface area contributed by atoms with Crippen LogP contribution in [0, 0.1) is 5.92 Å². The van der Waals surface area contributed by atoms with Gasteiger partial charge in [-0.15, -0.1) is 0 Å². The lowest BCUT2D eigenvalue weighted by Gasteiger charge is -2.20. The molecule has 0 aliphatic heterocycles. The second-order valence-electron chi connectivity index (χ2n) is 5.52. The molecule has 1 amide bonds. The molecule has 0 unspecified atom stereocenters. The molecule has 0 saturated heterocycles. The van der Waals surface area contributed by atoms with Crippen LogP contribution in [0.25, 0.3) is 0 Å². The van der Waals surface area contributed by atoms with Crippen molar-refractivity contribution in [1.29, 1.82) is 0 Å². The van der Waals surface area contributed by atoms with E-state index in [4.69, 9.17) is 5.73 Å². The number of hydrogen-bond donors (Lipinski definition) is 2. The van der Waals surface area contributed by atoms with Crippen molar-refractivity contribution in [2.45, 2.75) is 25.7 Å². The highest BCUT2D eigenvalue weighted by atomic mass is 16.2. The van der Waals surface area contributed by atoms with Crippen molar-refractivity contribution in [3.05, 3.63) is 24.3 Å². The third kappa shape index (κ3) is 4.56. The minimum atomic E-state index is 0.0195. The number of nitrogens with two attached hydrogens (primary N) is 1. The molecule has 1 saturated carbocycles. The molecule has 1 aromatic carbocycles. The van der Waals surface area contributed by atoms with Gasteiger partial charge in [0, 0.05) is 17.9 Å². The van der Waals surface area contributed by atoms with Crippen LogP contribution in [0.1, 0.15) is 25.7 Å². The second kappa shape index (κ2) is 6.57. The molecule has 1 aliphatic rings. The summed E-state index contributed by atoms with van der Waals surface area (Å²) in [5.74, 6) is 0.788. The van der Waals surface area contributed by atoms with Crippen molar-refractivity contribution >= 4 is 17.3 Å². The van der Waals surface area contributed by atoms with Crippen molar-refractivity contribution in [2.75, 3.05) is 31.2 Å². The van der Waals surface area contributed by atoms with Gasteiger partial charge in [-0.1, -0.05) is 18.9 Å². The van der Waals surface area contributed by atoms with E-state index in [9.17, 15) is 4.79 Å². The van der Waals surface area contributed by atoms with Crippen molar-refractivity contribution < 1.29 is 4.79 Å². The van der Waals surface area contributed by atoms with Gasteiger partial charge < -0.3 is 11.1 Å². The Balaban J connectivity index is 1.77. The molecule has 0 atom stereocenters. The van der Waals surface area contributed by atoms with E-state index in [0.29, 0.717) is 12.2 Å². The van der Waals surface area contributed by atoms with Crippen LogP contribution in [0.15, 0.2) is 24.3 Å². The van der Waals surface area contributed by atoms with Gasteiger partial charge in [0.2, 0.25) is 5.91 Å². The normalized spacial score (nSPS) is 15.9. The number of amides is 1. The number of benzene rings is 1. The Morgan fingerprint density at radius 1 is 1.42 bits per heavy atom. The first-order chi connectivity index (χ1) is 9.13. The maximum absolute atomic E-state index is 11.9. The molecule has 4 heteroatoms. The van der Waals surface area contributed by atoms with E-state index in [1.807, 2.05) is 25.2 Å². The largest absolute Gasteiger partial charge is 0.399 e. The smallest absolute Gasteiger partial charge is 0.238 e. The number of nitrogens with one attached hydrogen (secondary N) is 1. The third-order valence-electron chi connectivity index (χ3n) is 3.63. The molecular formula is C15H23N3O. The minimum Gasteiger partial charge on any atom is -0.399 e. The predicted molar refractivity (Wildman–Crippen MR) is 78.9 cm³/mol. The van der Waals surface area contributed by atoms with Gasteiger partial charge in [0.25, 0.3) is 0 Å². The van der Waals surface area contributed by atoms with Gasteiger partial charge >= 0.3 is 0 Å². The lowest BCUT2D eigenvalue weighted by Crippen LogP contribution is -2.33. The Labute approximate surface area is 115 Å². The number of anilines is 2. The molecule has 0 radical (unpaired) electrons. The van der Waals surface area contributed by atoms with E-state index in [2.05, 4.69) is 10.2 Å². The van der Waals surface area contributed by atoms with Gasteiger partial charge in [-0.25, -0.2) is 0 Å².